The van der Waals surface area contributed by atoms with Crippen LogP contribution in [0, 0.1) is 6.92 Å². The summed E-state index contributed by atoms with van der Waals surface area (Å²) in [6, 6.07) is 8.11. The number of nitrogens with zero attached hydrogens (tertiary/aromatic N) is 1. The maximum atomic E-state index is 5.71. The topological polar surface area (TPSA) is 43.6 Å². The maximum Gasteiger partial charge on any atom is 0.214 e. The van der Waals surface area contributed by atoms with Gasteiger partial charge in [0.05, 0.1) is 0 Å². The van der Waals surface area contributed by atoms with E-state index in [2.05, 4.69) is 6.07 Å². The molecular weight excluding hydrogens is 176 g/mol. The number of rotatable bonds is 0. The van der Waals surface area contributed by atoms with Crippen LogP contribution < -0.4 is 5.73 Å². The fraction of sp³-hybridized carbons (Fsp3) is 0.0909. The van der Waals surface area contributed by atoms with E-state index in [-0.39, 0.29) is 0 Å². The highest BCUT2D eigenvalue weighted by molar-refractivity contribution is 5.89. The maximum absolute atomic E-state index is 5.71. The van der Waals surface area contributed by atoms with E-state index in [0.717, 1.165) is 22.2 Å². The molecule has 3 nitrogen and oxygen atoms in total. The van der Waals surface area contributed by atoms with Crippen LogP contribution >= 0.6 is 0 Å². The van der Waals surface area contributed by atoms with Crippen molar-refractivity contribution in [3.05, 3.63) is 36.0 Å². The first-order chi connectivity index (χ1) is 6.77. The summed E-state index contributed by atoms with van der Waals surface area (Å²) in [5.41, 5.74) is 8.68. The van der Waals surface area contributed by atoms with Gasteiger partial charge in [0.25, 0.3) is 0 Å². The van der Waals surface area contributed by atoms with Crippen molar-refractivity contribution >= 4 is 22.5 Å². The SMILES string of the molecule is Cc1c(N)oc2c1cc1ccccn12. The summed E-state index contributed by atoms with van der Waals surface area (Å²) in [5.74, 6) is 0.508. The molecular formula is C11H10N2O. The molecule has 0 aliphatic heterocycles. The molecule has 0 aliphatic carbocycles. The van der Waals surface area contributed by atoms with Gasteiger partial charge >= 0.3 is 0 Å². The van der Waals surface area contributed by atoms with Crippen LogP contribution in [0.3, 0.4) is 0 Å². The van der Waals surface area contributed by atoms with E-state index in [9.17, 15) is 0 Å². The third-order valence-electron chi connectivity index (χ3n) is 2.61. The Morgan fingerprint density at radius 2 is 2.21 bits per heavy atom. The molecule has 0 spiro atoms. The van der Waals surface area contributed by atoms with Crippen molar-refractivity contribution in [2.24, 2.45) is 0 Å². The standard InChI is InChI=1S/C11H10N2O/c1-7-9-6-8-4-2-3-5-13(8)11(9)14-10(7)12/h2-6H,12H2,1H3. The minimum atomic E-state index is 0.508. The van der Waals surface area contributed by atoms with Crippen LogP contribution in [0.2, 0.25) is 0 Å². The summed E-state index contributed by atoms with van der Waals surface area (Å²) < 4.78 is 7.49. The number of hydrogen-bond donors (Lipinski definition) is 1. The molecule has 3 heteroatoms. The second kappa shape index (κ2) is 2.32. The number of furan rings is 1. The Labute approximate surface area is 80.7 Å². The Balaban J connectivity index is 2.60. The van der Waals surface area contributed by atoms with E-state index < -0.39 is 0 Å². The molecule has 70 valence electrons. The van der Waals surface area contributed by atoms with Crippen LogP contribution in [0.1, 0.15) is 5.56 Å². The van der Waals surface area contributed by atoms with E-state index in [1.165, 1.54) is 0 Å². The van der Waals surface area contributed by atoms with Crippen LogP contribution in [0.4, 0.5) is 5.88 Å². The lowest BCUT2D eigenvalue weighted by Crippen LogP contribution is -1.83. The molecule has 0 atom stereocenters. The highest BCUT2D eigenvalue weighted by Crippen LogP contribution is 2.29. The van der Waals surface area contributed by atoms with Gasteiger partial charge in [-0.15, -0.1) is 0 Å². The van der Waals surface area contributed by atoms with Crippen molar-refractivity contribution in [1.82, 2.24) is 4.40 Å². The molecule has 14 heavy (non-hydrogen) atoms. The first kappa shape index (κ1) is 7.50. The van der Waals surface area contributed by atoms with E-state index in [0.29, 0.717) is 5.88 Å². The molecule has 0 fully saturated rings. The van der Waals surface area contributed by atoms with Crippen molar-refractivity contribution < 1.29 is 4.42 Å². The van der Waals surface area contributed by atoms with Gasteiger partial charge in [0.1, 0.15) is 0 Å². The highest BCUT2D eigenvalue weighted by atomic mass is 16.4. The molecule has 2 N–H and O–H groups in total. The first-order valence-electron chi connectivity index (χ1n) is 4.52. The first-order valence-corrected chi connectivity index (χ1v) is 4.52. The second-order valence-electron chi connectivity index (χ2n) is 3.45. The smallest absolute Gasteiger partial charge is 0.214 e. The molecule has 0 bridgehead atoms. The molecule has 0 saturated carbocycles. The van der Waals surface area contributed by atoms with Crippen LogP contribution in [-0.2, 0) is 0 Å². The van der Waals surface area contributed by atoms with Gasteiger partial charge in [0, 0.05) is 22.7 Å². The largest absolute Gasteiger partial charge is 0.424 e. The molecule has 3 heterocycles. The average molecular weight is 186 g/mol. The van der Waals surface area contributed by atoms with E-state index in [1.807, 2.05) is 35.7 Å². The minimum absolute atomic E-state index is 0.508. The van der Waals surface area contributed by atoms with Crippen molar-refractivity contribution in [3.8, 4) is 0 Å². The molecule has 0 radical (unpaired) electrons. The van der Waals surface area contributed by atoms with E-state index in [1.54, 1.807) is 0 Å². The summed E-state index contributed by atoms with van der Waals surface area (Å²) in [6.07, 6.45) is 1.97. The van der Waals surface area contributed by atoms with E-state index >= 15 is 0 Å². The van der Waals surface area contributed by atoms with Crippen LogP contribution in [0.5, 0.6) is 0 Å². The van der Waals surface area contributed by atoms with Gasteiger partial charge in [0.15, 0.2) is 5.88 Å². The zero-order valence-corrected chi connectivity index (χ0v) is 7.82. The number of pyridine rings is 1. The number of nitrogen functional groups attached to an aromatic ring is 1. The number of aromatic nitrogens is 1. The second-order valence-corrected chi connectivity index (χ2v) is 3.45. The fourth-order valence-corrected chi connectivity index (χ4v) is 1.78. The fourth-order valence-electron chi connectivity index (χ4n) is 1.78. The zero-order valence-electron chi connectivity index (χ0n) is 7.82. The van der Waals surface area contributed by atoms with Crippen LogP contribution in [0.25, 0.3) is 16.6 Å². The Morgan fingerprint density at radius 1 is 1.36 bits per heavy atom. The van der Waals surface area contributed by atoms with Crippen LogP contribution in [0.15, 0.2) is 34.9 Å². The quantitative estimate of drug-likeness (QED) is 0.586. The van der Waals surface area contributed by atoms with Crippen LogP contribution in [-0.4, -0.2) is 4.40 Å². The summed E-state index contributed by atoms with van der Waals surface area (Å²) in [5, 5.41) is 1.09. The van der Waals surface area contributed by atoms with Crippen molar-refractivity contribution in [3.63, 3.8) is 0 Å². The lowest BCUT2D eigenvalue weighted by Gasteiger charge is -1.92. The van der Waals surface area contributed by atoms with Gasteiger partial charge in [-0.3, -0.25) is 4.40 Å². The molecule has 3 rings (SSSR count). The summed E-state index contributed by atoms with van der Waals surface area (Å²) in [6.45, 7) is 1.97. The highest BCUT2D eigenvalue weighted by Gasteiger charge is 2.11. The molecule has 3 aromatic heterocycles. The zero-order chi connectivity index (χ0) is 9.71. The van der Waals surface area contributed by atoms with Gasteiger partial charge < -0.3 is 10.2 Å². The molecule has 0 amide bonds. The predicted octanol–water partition coefficient (Wildman–Crippen LogP) is 2.58. The third kappa shape index (κ3) is 0.763. The Bertz CT molecular complexity index is 619. The number of nitrogens with two attached hydrogens (primary N) is 1. The molecule has 0 saturated heterocycles. The minimum Gasteiger partial charge on any atom is -0.424 e. The summed E-state index contributed by atoms with van der Waals surface area (Å²) in [7, 11) is 0. The number of aryl methyl sites for hydroxylation is 1. The Hall–Kier alpha value is -1.90. The lowest BCUT2D eigenvalue weighted by molar-refractivity contribution is 0.617. The monoisotopic (exact) mass is 186 g/mol. The number of anilines is 1. The summed E-state index contributed by atoms with van der Waals surface area (Å²) >= 11 is 0. The number of hydrogen-bond acceptors (Lipinski definition) is 2. The Kier molecular flexibility index (Phi) is 1.24. The Morgan fingerprint density at radius 3 is 3.07 bits per heavy atom. The van der Waals surface area contributed by atoms with Gasteiger partial charge in [0.2, 0.25) is 5.71 Å². The molecule has 0 aliphatic rings. The van der Waals surface area contributed by atoms with Crippen molar-refractivity contribution in [2.75, 3.05) is 5.73 Å². The van der Waals surface area contributed by atoms with Crippen molar-refractivity contribution in [2.45, 2.75) is 6.92 Å². The molecule has 0 unspecified atom stereocenters. The number of fused-ring (bicyclic) bond motifs is 3. The normalized spacial score (nSPS) is 11.5. The van der Waals surface area contributed by atoms with Gasteiger partial charge in [-0.05, 0) is 25.1 Å². The average Bonchev–Trinajstić information content (AvgIpc) is 2.67. The molecule has 3 aromatic rings. The van der Waals surface area contributed by atoms with E-state index in [4.69, 9.17) is 10.2 Å². The van der Waals surface area contributed by atoms with Gasteiger partial charge in [-0.1, -0.05) is 6.07 Å². The molecule has 0 aromatic carbocycles. The lowest BCUT2D eigenvalue weighted by atomic mass is 10.2. The summed E-state index contributed by atoms with van der Waals surface area (Å²) in [4.78, 5) is 0. The predicted molar refractivity (Wildman–Crippen MR) is 56.3 cm³/mol. The third-order valence-corrected chi connectivity index (χ3v) is 2.61. The van der Waals surface area contributed by atoms with Gasteiger partial charge in [-0.25, -0.2) is 0 Å². The van der Waals surface area contributed by atoms with Gasteiger partial charge in [-0.2, -0.15) is 0 Å². The van der Waals surface area contributed by atoms with Crippen molar-refractivity contribution in [1.29, 1.82) is 0 Å².